The Bertz CT molecular complexity index is 493. The van der Waals surface area contributed by atoms with Gasteiger partial charge in [0.2, 0.25) is 0 Å². The second-order valence-electron chi connectivity index (χ2n) is 6.22. The topological polar surface area (TPSA) is 47.6 Å². The van der Waals surface area contributed by atoms with E-state index in [0.717, 1.165) is 10.2 Å². The summed E-state index contributed by atoms with van der Waals surface area (Å²) in [5, 5.41) is 3.11. The lowest BCUT2D eigenvalue weighted by molar-refractivity contribution is 0.0768. The Morgan fingerprint density at radius 1 is 1.14 bits per heavy atom. The molecule has 0 saturated carbocycles. The summed E-state index contributed by atoms with van der Waals surface area (Å²) in [5.74, 6) is 1.40. The maximum atomic E-state index is 12.6. The molecule has 22 heavy (non-hydrogen) atoms. The van der Waals surface area contributed by atoms with E-state index in [2.05, 4.69) is 48.4 Å². The lowest BCUT2D eigenvalue weighted by Crippen LogP contribution is -2.33. The van der Waals surface area contributed by atoms with Crippen molar-refractivity contribution in [1.82, 2.24) is 5.09 Å². The molecule has 1 aromatic carbocycles. The van der Waals surface area contributed by atoms with Crippen molar-refractivity contribution in [3.8, 4) is 5.75 Å². The minimum absolute atomic E-state index is 0.0480. The van der Waals surface area contributed by atoms with Crippen molar-refractivity contribution < 1.29 is 13.8 Å². The van der Waals surface area contributed by atoms with Crippen LogP contribution in [-0.2, 0) is 9.30 Å². The van der Waals surface area contributed by atoms with Crippen LogP contribution < -0.4 is 9.61 Å². The molecule has 0 aliphatic rings. The summed E-state index contributed by atoms with van der Waals surface area (Å²) in [6.45, 7) is 11.4. The van der Waals surface area contributed by atoms with E-state index >= 15 is 0 Å². The number of hydrogen-bond donors (Lipinski definition) is 1. The fourth-order valence-corrected chi connectivity index (χ4v) is 3.78. The molecule has 0 spiro atoms. The lowest BCUT2D eigenvalue weighted by Gasteiger charge is -2.25. The first-order chi connectivity index (χ1) is 10.2. The highest BCUT2D eigenvalue weighted by molar-refractivity contribution is 14.1. The van der Waals surface area contributed by atoms with Crippen molar-refractivity contribution in [2.24, 2.45) is 11.8 Å². The van der Waals surface area contributed by atoms with Crippen LogP contribution in [0.4, 0.5) is 0 Å². The molecule has 2 unspecified atom stereocenters. The highest BCUT2D eigenvalue weighted by Gasteiger charge is 2.23. The van der Waals surface area contributed by atoms with Crippen molar-refractivity contribution in [1.29, 1.82) is 0 Å². The number of benzene rings is 1. The van der Waals surface area contributed by atoms with Gasteiger partial charge in [-0.1, -0.05) is 20.8 Å². The summed E-state index contributed by atoms with van der Waals surface area (Å²) in [4.78, 5) is 0. The summed E-state index contributed by atoms with van der Waals surface area (Å²) in [5.41, 5.74) is 0. The summed E-state index contributed by atoms with van der Waals surface area (Å²) < 4.78 is 25.0. The molecule has 6 heteroatoms. The third-order valence-electron chi connectivity index (χ3n) is 3.22. The van der Waals surface area contributed by atoms with Crippen molar-refractivity contribution in [3.05, 3.63) is 27.8 Å². The first kappa shape index (κ1) is 19.9. The van der Waals surface area contributed by atoms with E-state index in [0.29, 0.717) is 18.3 Å². The normalized spacial score (nSPS) is 17.0. The second kappa shape index (κ2) is 9.26. The van der Waals surface area contributed by atoms with E-state index < -0.39 is 7.52 Å². The van der Waals surface area contributed by atoms with E-state index in [9.17, 15) is 4.57 Å². The van der Waals surface area contributed by atoms with Gasteiger partial charge in [-0.3, -0.25) is 4.57 Å². The van der Waals surface area contributed by atoms with Gasteiger partial charge in [0.05, 0.1) is 6.61 Å². The molecule has 0 aliphatic heterocycles. The number of ether oxygens (including phenoxy) is 1. The van der Waals surface area contributed by atoms with Gasteiger partial charge in [0, 0.05) is 22.9 Å². The molecule has 0 radical (unpaired) electrons. The predicted molar refractivity (Wildman–Crippen MR) is 101 cm³/mol. The quantitative estimate of drug-likeness (QED) is 0.445. The Morgan fingerprint density at radius 2 is 1.73 bits per heavy atom. The summed E-state index contributed by atoms with van der Waals surface area (Å²) >= 11 is 2.23. The molecule has 1 rings (SSSR count). The monoisotopic (exact) mass is 439 g/mol. The first-order valence-corrected chi connectivity index (χ1v) is 10.7. The van der Waals surface area contributed by atoms with E-state index in [1.807, 2.05) is 31.2 Å². The summed E-state index contributed by atoms with van der Waals surface area (Å²) in [7, 11) is -2.90. The van der Waals surface area contributed by atoms with Crippen LogP contribution in [0.5, 0.6) is 5.75 Å². The zero-order chi connectivity index (χ0) is 16.8. The molecule has 0 fully saturated rings. The molecule has 0 heterocycles. The molecule has 0 aliphatic carbocycles. The van der Waals surface area contributed by atoms with Crippen LogP contribution in [0.25, 0.3) is 0 Å². The molecule has 4 nitrogen and oxygen atoms in total. The van der Waals surface area contributed by atoms with Crippen LogP contribution >= 0.6 is 30.1 Å². The number of halogens is 1. The van der Waals surface area contributed by atoms with E-state index in [4.69, 9.17) is 9.26 Å². The highest BCUT2D eigenvalue weighted by atomic mass is 127. The first-order valence-electron chi connectivity index (χ1n) is 7.58. The minimum Gasteiger partial charge on any atom is -0.433 e. The van der Waals surface area contributed by atoms with Crippen LogP contribution in [-0.4, -0.2) is 25.9 Å². The van der Waals surface area contributed by atoms with E-state index in [-0.39, 0.29) is 12.0 Å². The lowest BCUT2D eigenvalue weighted by atomic mass is 10.1. The van der Waals surface area contributed by atoms with Gasteiger partial charge in [0.15, 0.2) is 0 Å². The van der Waals surface area contributed by atoms with Gasteiger partial charge < -0.3 is 9.26 Å². The van der Waals surface area contributed by atoms with Crippen LogP contribution in [0.2, 0.25) is 0 Å². The zero-order valence-electron chi connectivity index (χ0n) is 14.0. The van der Waals surface area contributed by atoms with Gasteiger partial charge in [-0.05, 0) is 65.6 Å². The van der Waals surface area contributed by atoms with Crippen LogP contribution in [0.15, 0.2) is 24.3 Å². The van der Waals surface area contributed by atoms with Gasteiger partial charge in [-0.25, -0.2) is 5.09 Å². The SMILES string of the molecule is CC(C)COCC(C)[C@H](C)NP(C)(=O)Oc1ccc(I)cc1. The average Bonchev–Trinajstić information content (AvgIpc) is 2.40. The molecule has 0 aromatic heterocycles. The number of hydrogen-bond acceptors (Lipinski definition) is 3. The van der Waals surface area contributed by atoms with Crippen LogP contribution in [0.1, 0.15) is 27.7 Å². The summed E-state index contributed by atoms with van der Waals surface area (Å²) in [6, 6.07) is 7.58. The molecule has 126 valence electrons. The second-order valence-corrected chi connectivity index (χ2v) is 9.60. The molecular formula is C16H27INO3P. The van der Waals surface area contributed by atoms with Gasteiger partial charge in [-0.15, -0.1) is 0 Å². The smallest absolute Gasteiger partial charge is 0.313 e. The van der Waals surface area contributed by atoms with Gasteiger partial charge in [-0.2, -0.15) is 0 Å². The molecule has 1 N–H and O–H groups in total. The molecule has 0 amide bonds. The van der Waals surface area contributed by atoms with Crippen LogP contribution in [0.3, 0.4) is 0 Å². The minimum atomic E-state index is -2.90. The van der Waals surface area contributed by atoms with Gasteiger partial charge in [0.25, 0.3) is 0 Å². The van der Waals surface area contributed by atoms with Crippen LogP contribution in [0, 0.1) is 15.4 Å². The van der Waals surface area contributed by atoms with Gasteiger partial charge in [0.1, 0.15) is 5.75 Å². The van der Waals surface area contributed by atoms with Crippen molar-refractivity contribution in [3.63, 3.8) is 0 Å². The fraction of sp³-hybridized carbons (Fsp3) is 0.625. The van der Waals surface area contributed by atoms with Crippen molar-refractivity contribution in [2.45, 2.75) is 33.7 Å². The number of nitrogens with one attached hydrogen (secondary N) is 1. The maximum Gasteiger partial charge on any atom is 0.313 e. The Kier molecular flexibility index (Phi) is 8.39. The highest BCUT2D eigenvalue weighted by Crippen LogP contribution is 2.40. The summed E-state index contributed by atoms with van der Waals surface area (Å²) in [6.07, 6.45) is 0. The van der Waals surface area contributed by atoms with Gasteiger partial charge >= 0.3 is 7.52 Å². The number of rotatable bonds is 9. The molecule has 3 atom stereocenters. The van der Waals surface area contributed by atoms with Crippen molar-refractivity contribution >= 4 is 30.1 Å². The van der Waals surface area contributed by atoms with E-state index in [1.54, 1.807) is 6.66 Å². The van der Waals surface area contributed by atoms with Crippen molar-refractivity contribution in [2.75, 3.05) is 19.9 Å². The molecular weight excluding hydrogens is 412 g/mol. The zero-order valence-corrected chi connectivity index (χ0v) is 17.1. The standard InChI is InChI=1S/C16H27INO3P/c1-12(2)10-20-11-13(3)14(4)18-22(5,19)21-16-8-6-15(17)7-9-16/h6-9,12-14H,10-11H2,1-5H3,(H,18,19)/t13?,14-,22?/m0/s1. The fourth-order valence-electron chi connectivity index (χ4n) is 1.85. The Labute approximate surface area is 148 Å². The Morgan fingerprint density at radius 3 is 2.27 bits per heavy atom. The Balaban J connectivity index is 2.48. The third-order valence-corrected chi connectivity index (χ3v) is 5.37. The molecule has 1 aromatic rings. The maximum absolute atomic E-state index is 12.6. The molecule has 0 bridgehead atoms. The Hall–Kier alpha value is -0.100. The molecule has 0 saturated heterocycles. The van der Waals surface area contributed by atoms with E-state index in [1.165, 1.54) is 0 Å². The third kappa shape index (κ3) is 7.95. The predicted octanol–water partition coefficient (Wildman–Crippen LogP) is 4.78. The largest absolute Gasteiger partial charge is 0.433 e. The average molecular weight is 439 g/mol.